The van der Waals surface area contributed by atoms with E-state index in [1.807, 2.05) is 0 Å². The van der Waals surface area contributed by atoms with Crippen molar-refractivity contribution in [1.29, 1.82) is 0 Å². The number of carbonyl (C=O) groups excluding carboxylic acids is 1. The minimum absolute atomic E-state index is 0.166. The molecule has 0 bridgehead atoms. The Balaban J connectivity index is 2.06. The maximum absolute atomic E-state index is 11.9. The number of carboxylic acids is 1. The van der Waals surface area contributed by atoms with Gasteiger partial charge in [-0.3, -0.25) is 4.79 Å². The number of unbranched alkanes of at least 4 members (excludes halogenated alkanes) is 1. The lowest BCUT2D eigenvalue weighted by atomic mass is 9.99. The highest BCUT2D eigenvalue weighted by molar-refractivity contribution is 5.76. The minimum Gasteiger partial charge on any atom is -0.481 e. The van der Waals surface area contributed by atoms with Crippen molar-refractivity contribution in [3.8, 4) is 0 Å². The van der Waals surface area contributed by atoms with Gasteiger partial charge in [0.05, 0.1) is 19.1 Å². The predicted molar refractivity (Wildman–Crippen MR) is 77.3 cm³/mol. The smallest absolute Gasteiger partial charge is 0.317 e. The van der Waals surface area contributed by atoms with E-state index in [1.54, 1.807) is 12.0 Å². The number of piperidine rings is 1. The molecule has 2 amide bonds. The van der Waals surface area contributed by atoms with Gasteiger partial charge < -0.3 is 24.8 Å². The molecule has 0 unspecified atom stereocenters. The zero-order chi connectivity index (χ0) is 15.5. The Labute approximate surface area is 125 Å². The highest BCUT2D eigenvalue weighted by Crippen LogP contribution is 2.16. The summed E-state index contributed by atoms with van der Waals surface area (Å²) in [5.41, 5.74) is 0. The molecule has 1 aliphatic rings. The van der Waals surface area contributed by atoms with Crippen LogP contribution in [0, 0.1) is 5.92 Å². The Morgan fingerprint density at radius 3 is 2.81 bits per heavy atom. The standard InChI is InChI=1S/C14H26N2O5/c1-20-9-10-21-8-3-2-6-15-14(19)16-7-4-5-12(11-16)13(17)18/h12H,2-11H2,1H3,(H,15,19)(H,17,18)/t12-/m0/s1. The first-order chi connectivity index (χ1) is 10.1. The number of carbonyl (C=O) groups is 2. The molecule has 7 heteroatoms. The quantitative estimate of drug-likeness (QED) is 0.619. The topological polar surface area (TPSA) is 88.1 Å². The van der Waals surface area contributed by atoms with Crippen LogP contribution in [-0.4, -0.2) is 68.6 Å². The number of carboxylic acid groups (broad SMARTS) is 1. The maximum Gasteiger partial charge on any atom is 0.317 e. The molecule has 2 N–H and O–H groups in total. The van der Waals surface area contributed by atoms with E-state index in [1.165, 1.54) is 0 Å². The van der Waals surface area contributed by atoms with Crippen LogP contribution in [0.5, 0.6) is 0 Å². The Kier molecular flexibility index (Phi) is 8.77. The fourth-order valence-electron chi connectivity index (χ4n) is 2.24. The van der Waals surface area contributed by atoms with Crippen molar-refractivity contribution in [2.45, 2.75) is 25.7 Å². The third-order valence-corrected chi connectivity index (χ3v) is 3.48. The van der Waals surface area contributed by atoms with Crippen LogP contribution in [0.1, 0.15) is 25.7 Å². The summed E-state index contributed by atoms with van der Waals surface area (Å²) in [5, 5.41) is 11.8. The molecule has 0 aromatic heterocycles. The average molecular weight is 302 g/mol. The number of hydrogen-bond acceptors (Lipinski definition) is 4. The van der Waals surface area contributed by atoms with Gasteiger partial charge in [0.2, 0.25) is 0 Å². The van der Waals surface area contributed by atoms with Crippen LogP contribution in [0.4, 0.5) is 4.79 Å². The van der Waals surface area contributed by atoms with Crippen molar-refractivity contribution in [2.75, 3.05) is 46.6 Å². The van der Waals surface area contributed by atoms with Gasteiger partial charge in [0.1, 0.15) is 0 Å². The first kappa shape index (κ1) is 17.7. The summed E-state index contributed by atoms with van der Waals surface area (Å²) in [7, 11) is 1.63. The van der Waals surface area contributed by atoms with Gasteiger partial charge in [0.25, 0.3) is 0 Å². The number of hydrogen-bond donors (Lipinski definition) is 2. The van der Waals surface area contributed by atoms with Crippen LogP contribution in [0.15, 0.2) is 0 Å². The molecule has 21 heavy (non-hydrogen) atoms. The molecule has 1 heterocycles. The number of likely N-dealkylation sites (tertiary alicyclic amines) is 1. The molecule has 1 atom stereocenters. The Morgan fingerprint density at radius 1 is 1.29 bits per heavy atom. The second-order valence-electron chi connectivity index (χ2n) is 5.17. The molecule has 0 radical (unpaired) electrons. The van der Waals surface area contributed by atoms with E-state index in [0.717, 1.165) is 19.3 Å². The monoisotopic (exact) mass is 302 g/mol. The summed E-state index contributed by atoms with van der Waals surface area (Å²) in [6, 6.07) is -0.166. The number of nitrogens with zero attached hydrogens (tertiary/aromatic N) is 1. The van der Waals surface area contributed by atoms with Crippen LogP contribution >= 0.6 is 0 Å². The predicted octanol–water partition coefficient (Wildman–Crippen LogP) is 0.936. The number of nitrogens with one attached hydrogen (secondary N) is 1. The van der Waals surface area contributed by atoms with Crippen molar-refractivity contribution in [2.24, 2.45) is 5.92 Å². The number of rotatable bonds is 9. The van der Waals surface area contributed by atoms with Gasteiger partial charge in [0, 0.05) is 33.4 Å². The maximum atomic E-state index is 11.9. The lowest BCUT2D eigenvalue weighted by Crippen LogP contribution is -2.47. The van der Waals surface area contributed by atoms with E-state index in [0.29, 0.717) is 45.9 Å². The molecule has 0 aromatic rings. The molecule has 1 aliphatic heterocycles. The van der Waals surface area contributed by atoms with Gasteiger partial charge in [0.15, 0.2) is 0 Å². The Hall–Kier alpha value is -1.34. The molecule has 0 aromatic carbocycles. The van der Waals surface area contributed by atoms with Gasteiger partial charge >= 0.3 is 12.0 Å². The third-order valence-electron chi connectivity index (χ3n) is 3.48. The lowest BCUT2D eigenvalue weighted by molar-refractivity contribution is -0.143. The van der Waals surface area contributed by atoms with Crippen LogP contribution in [0.25, 0.3) is 0 Å². The highest BCUT2D eigenvalue weighted by atomic mass is 16.5. The lowest BCUT2D eigenvalue weighted by Gasteiger charge is -2.30. The van der Waals surface area contributed by atoms with Gasteiger partial charge in [-0.05, 0) is 25.7 Å². The normalized spacial score (nSPS) is 18.5. The van der Waals surface area contributed by atoms with Crippen molar-refractivity contribution >= 4 is 12.0 Å². The SMILES string of the molecule is COCCOCCCCNC(=O)N1CCC[C@H](C(=O)O)C1. The van der Waals surface area contributed by atoms with E-state index in [4.69, 9.17) is 14.6 Å². The molecule has 0 saturated carbocycles. The van der Waals surface area contributed by atoms with Gasteiger partial charge in [-0.25, -0.2) is 4.79 Å². The molecule has 0 aliphatic carbocycles. The summed E-state index contributed by atoms with van der Waals surface area (Å²) in [6.07, 6.45) is 3.12. The van der Waals surface area contributed by atoms with Crippen LogP contribution < -0.4 is 5.32 Å². The van der Waals surface area contributed by atoms with Crippen LogP contribution in [0.3, 0.4) is 0 Å². The summed E-state index contributed by atoms with van der Waals surface area (Å²) in [5.74, 6) is -1.25. The fourth-order valence-corrected chi connectivity index (χ4v) is 2.24. The average Bonchev–Trinajstić information content (AvgIpc) is 2.49. The third kappa shape index (κ3) is 7.29. The number of amides is 2. The Morgan fingerprint density at radius 2 is 2.10 bits per heavy atom. The molecule has 122 valence electrons. The van der Waals surface area contributed by atoms with Crippen molar-refractivity contribution < 1.29 is 24.2 Å². The number of methoxy groups -OCH3 is 1. The summed E-state index contributed by atoms with van der Waals surface area (Å²) in [6.45, 7) is 3.37. The number of urea groups is 1. The van der Waals surface area contributed by atoms with E-state index < -0.39 is 11.9 Å². The molecule has 7 nitrogen and oxygen atoms in total. The molecular formula is C14H26N2O5. The highest BCUT2D eigenvalue weighted by Gasteiger charge is 2.27. The largest absolute Gasteiger partial charge is 0.481 e. The molecular weight excluding hydrogens is 276 g/mol. The van der Waals surface area contributed by atoms with Crippen molar-refractivity contribution in [1.82, 2.24) is 10.2 Å². The van der Waals surface area contributed by atoms with Gasteiger partial charge in [-0.15, -0.1) is 0 Å². The van der Waals surface area contributed by atoms with Crippen LogP contribution in [-0.2, 0) is 14.3 Å². The zero-order valence-corrected chi connectivity index (χ0v) is 12.7. The summed E-state index contributed by atoms with van der Waals surface area (Å²) < 4.78 is 10.2. The second kappa shape index (κ2) is 10.4. The number of ether oxygens (including phenoxy) is 2. The van der Waals surface area contributed by atoms with Crippen molar-refractivity contribution in [3.63, 3.8) is 0 Å². The van der Waals surface area contributed by atoms with E-state index >= 15 is 0 Å². The van der Waals surface area contributed by atoms with Gasteiger partial charge in [-0.2, -0.15) is 0 Å². The van der Waals surface area contributed by atoms with Crippen LogP contribution in [0.2, 0.25) is 0 Å². The van der Waals surface area contributed by atoms with Gasteiger partial charge in [-0.1, -0.05) is 0 Å². The second-order valence-corrected chi connectivity index (χ2v) is 5.17. The molecule has 1 fully saturated rings. The Bertz CT molecular complexity index is 324. The minimum atomic E-state index is -0.819. The number of aliphatic carboxylic acids is 1. The first-order valence-corrected chi connectivity index (χ1v) is 7.47. The molecule has 1 saturated heterocycles. The molecule has 0 spiro atoms. The van der Waals surface area contributed by atoms with E-state index in [2.05, 4.69) is 5.32 Å². The van der Waals surface area contributed by atoms with E-state index in [9.17, 15) is 9.59 Å². The van der Waals surface area contributed by atoms with E-state index in [-0.39, 0.29) is 6.03 Å². The summed E-state index contributed by atoms with van der Waals surface area (Å²) >= 11 is 0. The van der Waals surface area contributed by atoms with Crippen molar-refractivity contribution in [3.05, 3.63) is 0 Å². The zero-order valence-electron chi connectivity index (χ0n) is 12.7. The first-order valence-electron chi connectivity index (χ1n) is 7.47. The summed E-state index contributed by atoms with van der Waals surface area (Å²) in [4.78, 5) is 24.5. The molecule has 1 rings (SSSR count). The fraction of sp³-hybridized carbons (Fsp3) is 0.857.